The number of rotatable bonds is 6. The fourth-order valence-corrected chi connectivity index (χ4v) is 1.67. The molecule has 6 nitrogen and oxygen atoms in total. The number of aromatic nitrogens is 1. The molecule has 0 saturated carbocycles. The largest absolute Gasteiger partial charge is 0.461 e. The first-order valence-corrected chi connectivity index (χ1v) is 6.23. The van der Waals surface area contributed by atoms with Crippen LogP contribution in [0.25, 0.3) is 11.5 Å². The van der Waals surface area contributed by atoms with E-state index in [-0.39, 0.29) is 17.6 Å². The molecule has 0 aliphatic carbocycles. The molecule has 0 aliphatic rings. The van der Waals surface area contributed by atoms with Crippen molar-refractivity contribution < 1.29 is 13.7 Å². The van der Waals surface area contributed by atoms with E-state index in [1.54, 1.807) is 18.2 Å². The van der Waals surface area contributed by atoms with Crippen LogP contribution >= 0.6 is 0 Å². The number of hydrogen-bond acceptors (Lipinski definition) is 5. The van der Waals surface area contributed by atoms with Crippen molar-refractivity contribution in [2.24, 2.45) is 0 Å². The number of carbonyl (C=O) groups is 1. The Morgan fingerprint density at radius 1 is 1.47 bits per heavy atom. The average Bonchev–Trinajstić information content (AvgIpc) is 3.06. The van der Waals surface area contributed by atoms with E-state index in [1.807, 2.05) is 13.8 Å². The van der Waals surface area contributed by atoms with Crippen molar-refractivity contribution in [1.29, 1.82) is 0 Å². The molecule has 19 heavy (non-hydrogen) atoms. The summed E-state index contributed by atoms with van der Waals surface area (Å²) in [4.78, 5) is 11.8. The number of nitrogens with zero attached hydrogens (tertiary/aromatic N) is 1. The highest BCUT2D eigenvalue weighted by atomic mass is 16.5. The monoisotopic (exact) mass is 263 g/mol. The minimum atomic E-state index is -0.258. The van der Waals surface area contributed by atoms with E-state index in [1.165, 1.54) is 6.26 Å². The SMILES string of the molecule is CCN[C@H](C)CNC(=O)c1cc(-c2ccco2)on1. The number of amides is 1. The van der Waals surface area contributed by atoms with E-state index in [2.05, 4.69) is 15.8 Å². The Bertz CT molecular complexity index is 519. The van der Waals surface area contributed by atoms with Gasteiger partial charge in [0.2, 0.25) is 5.76 Å². The molecule has 0 saturated heterocycles. The number of furan rings is 1. The summed E-state index contributed by atoms with van der Waals surface area (Å²) in [5, 5.41) is 9.72. The molecule has 0 unspecified atom stereocenters. The van der Waals surface area contributed by atoms with Crippen LogP contribution in [-0.4, -0.2) is 30.2 Å². The Kier molecular flexibility index (Phi) is 4.35. The van der Waals surface area contributed by atoms with Gasteiger partial charge in [0.1, 0.15) is 0 Å². The molecule has 2 heterocycles. The second kappa shape index (κ2) is 6.19. The molecule has 2 aromatic heterocycles. The van der Waals surface area contributed by atoms with Gasteiger partial charge in [-0.25, -0.2) is 0 Å². The van der Waals surface area contributed by atoms with Crippen LogP contribution < -0.4 is 10.6 Å². The minimum Gasteiger partial charge on any atom is -0.461 e. The zero-order chi connectivity index (χ0) is 13.7. The molecule has 0 fully saturated rings. The normalized spacial score (nSPS) is 12.3. The maximum absolute atomic E-state index is 11.8. The van der Waals surface area contributed by atoms with Crippen molar-refractivity contribution in [3.63, 3.8) is 0 Å². The lowest BCUT2D eigenvalue weighted by Gasteiger charge is -2.12. The molecule has 102 valence electrons. The molecule has 0 aliphatic heterocycles. The fourth-order valence-electron chi connectivity index (χ4n) is 1.67. The molecule has 0 aromatic carbocycles. The first-order valence-electron chi connectivity index (χ1n) is 6.23. The van der Waals surface area contributed by atoms with Crippen LogP contribution in [0.2, 0.25) is 0 Å². The van der Waals surface area contributed by atoms with Crippen molar-refractivity contribution in [2.75, 3.05) is 13.1 Å². The third-order valence-electron chi connectivity index (χ3n) is 2.63. The molecule has 0 bridgehead atoms. The smallest absolute Gasteiger partial charge is 0.273 e. The topological polar surface area (TPSA) is 80.3 Å². The van der Waals surface area contributed by atoms with Gasteiger partial charge in [0.25, 0.3) is 5.91 Å². The number of nitrogens with one attached hydrogen (secondary N) is 2. The van der Waals surface area contributed by atoms with Gasteiger partial charge in [-0.2, -0.15) is 0 Å². The first-order chi connectivity index (χ1) is 9.20. The minimum absolute atomic E-state index is 0.213. The summed E-state index contributed by atoms with van der Waals surface area (Å²) < 4.78 is 10.2. The summed E-state index contributed by atoms with van der Waals surface area (Å²) >= 11 is 0. The lowest BCUT2D eigenvalue weighted by molar-refractivity contribution is 0.0941. The van der Waals surface area contributed by atoms with Crippen molar-refractivity contribution in [3.8, 4) is 11.5 Å². The predicted octanol–water partition coefficient (Wildman–Crippen LogP) is 1.66. The Morgan fingerprint density at radius 3 is 3.00 bits per heavy atom. The van der Waals surface area contributed by atoms with E-state index < -0.39 is 0 Å². The number of hydrogen-bond donors (Lipinski definition) is 2. The van der Waals surface area contributed by atoms with Gasteiger partial charge in [-0.1, -0.05) is 12.1 Å². The van der Waals surface area contributed by atoms with Crippen LogP contribution in [0.15, 0.2) is 33.4 Å². The molecule has 2 rings (SSSR count). The average molecular weight is 263 g/mol. The Hall–Kier alpha value is -2.08. The number of likely N-dealkylation sites (N-methyl/N-ethyl adjacent to an activating group) is 1. The van der Waals surface area contributed by atoms with Gasteiger partial charge in [-0.05, 0) is 25.6 Å². The van der Waals surface area contributed by atoms with Gasteiger partial charge in [0.15, 0.2) is 11.5 Å². The maximum Gasteiger partial charge on any atom is 0.273 e. The molecule has 0 spiro atoms. The third-order valence-corrected chi connectivity index (χ3v) is 2.63. The van der Waals surface area contributed by atoms with Gasteiger partial charge in [0, 0.05) is 18.7 Å². The third kappa shape index (κ3) is 3.45. The highest BCUT2D eigenvalue weighted by Gasteiger charge is 2.15. The van der Waals surface area contributed by atoms with Crippen molar-refractivity contribution in [2.45, 2.75) is 19.9 Å². The van der Waals surface area contributed by atoms with Gasteiger partial charge in [-0.15, -0.1) is 0 Å². The van der Waals surface area contributed by atoms with Gasteiger partial charge in [0.05, 0.1) is 6.26 Å². The highest BCUT2D eigenvalue weighted by Crippen LogP contribution is 2.20. The summed E-state index contributed by atoms with van der Waals surface area (Å²) in [6.07, 6.45) is 1.54. The van der Waals surface area contributed by atoms with Gasteiger partial charge >= 0.3 is 0 Å². The van der Waals surface area contributed by atoms with Crippen molar-refractivity contribution in [1.82, 2.24) is 15.8 Å². The Morgan fingerprint density at radius 2 is 2.32 bits per heavy atom. The van der Waals surface area contributed by atoms with E-state index in [9.17, 15) is 4.79 Å². The van der Waals surface area contributed by atoms with Gasteiger partial charge in [-0.3, -0.25) is 4.79 Å². The molecule has 0 radical (unpaired) electrons. The second-order valence-electron chi connectivity index (χ2n) is 4.22. The maximum atomic E-state index is 11.8. The second-order valence-corrected chi connectivity index (χ2v) is 4.22. The van der Waals surface area contributed by atoms with Crippen LogP contribution in [0.1, 0.15) is 24.3 Å². The predicted molar refractivity (Wildman–Crippen MR) is 69.7 cm³/mol. The summed E-state index contributed by atoms with van der Waals surface area (Å²) in [7, 11) is 0. The van der Waals surface area contributed by atoms with E-state index in [0.29, 0.717) is 18.1 Å². The zero-order valence-electron chi connectivity index (χ0n) is 11.0. The molecule has 1 amide bonds. The molecule has 2 N–H and O–H groups in total. The zero-order valence-corrected chi connectivity index (χ0v) is 11.0. The summed E-state index contributed by atoms with van der Waals surface area (Å²) in [5.74, 6) is 0.730. The number of carbonyl (C=O) groups excluding carboxylic acids is 1. The van der Waals surface area contributed by atoms with E-state index in [4.69, 9.17) is 8.94 Å². The van der Waals surface area contributed by atoms with Gasteiger partial charge < -0.3 is 19.6 Å². The van der Waals surface area contributed by atoms with Crippen LogP contribution in [0.5, 0.6) is 0 Å². The lowest BCUT2D eigenvalue weighted by Crippen LogP contribution is -2.38. The standard InChI is InChI=1S/C13H17N3O3/c1-3-14-9(2)8-15-13(17)10-7-12(19-16-10)11-5-4-6-18-11/h4-7,9,14H,3,8H2,1-2H3,(H,15,17)/t9-/m1/s1. The lowest BCUT2D eigenvalue weighted by atomic mass is 10.3. The highest BCUT2D eigenvalue weighted by molar-refractivity contribution is 5.92. The summed E-state index contributed by atoms with van der Waals surface area (Å²) in [6, 6.07) is 5.27. The van der Waals surface area contributed by atoms with Crippen LogP contribution in [0.3, 0.4) is 0 Å². The molecule has 1 atom stereocenters. The van der Waals surface area contributed by atoms with Crippen molar-refractivity contribution >= 4 is 5.91 Å². The quantitative estimate of drug-likeness (QED) is 0.828. The molecular weight excluding hydrogens is 246 g/mol. The van der Waals surface area contributed by atoms with Crippen LogP contribution in [-0.2, 0) is 0 Å². The van der Waals surface area contributed by atoms with E-state index in [0.717, 1.165) is 6.54 Å². The van der Waals surface area contributed by atoms with Crippen molar-refractivity contribution in [3.05, 3.63) is 30.2 Å². The molecular formula is C13H17N3O3. The van der Waals surface area contributed by atoms with Crippen LogP contribution in [0.4, 0.5) is 0 Å². The molecule has 6 heteroatoms. The Balaban J connectivity index is 1.93. The first kappa shape index (κ1) is 13.4. The summed E-state index contributed by atoms with van der Waals surface area (Å²) in [5.41, 5.74) is 0.245. The van der Waals surface area contributed by atoms with Crippen LogP contribution in [0, 0.1) is 0 Å². The molecule has 2 aromatic rings. The fraction of sp³-hybridized carbons (Fsp3) is 0.385. The summed E-state index contributed by atoms with van der Waals surface area (Å²) in [6.45, 7) is 5.42. The Labute approximate surface area is 111 Å². The van der Waals surface area contributed by atoms with E-state index >= 15 is 0 Å².